The smallest absolute Gasteiger partial charge is 0.211 e. The van der Waals surface area contributed by atoms with Gasteiger partial charge in [0, 0.05) is 25.7 Å². The Balaban J connectivity index is 1.42. The number of rotatable bonds is 4. The van der Waals surface area contributed by atoms with Crippen LogP contribution in [0.1, 0.15) is 71.6 Å². The maximum atomic E-state index is 12.2. The molecule has 4 rings (SSSR count). The predicted molar refractivity (Wildman–Crippen MR) is 134 cm³/mol. The first-order chi connectivity index (χ1) is 15.6. The molecule has 6 heteroatoms. The highest BCUT2D eigenvalue weighted by Gasteiger charge is 2.66. The van der Waals surface area contributed by atoms with Crippen molar-refractivity contribution in [2.24, 2.45) is 39.6 Å². The number of aliphatic hydroxyl groups excluding tert-OH is 1. The molecule has 0 saturated heterocycles. The van der Waals surface area contributed by atoms with Crippen LogP contribution in [-0.4, -0.2) is 53.1 Å². The minimum absolute atomic E-state index is 0.0632. The number of hydrogen-bond acceptors (Lipinski definition) is 4. The monoisotopic (exact) mass is 456 g/mol. The Hall–Kier alpha value is -1.66. The SMILES string of the molecule is CN(C)C(=N)N/N=C/C=C/C=C/[C@H]1CC[C@]2(O)[C@@H]3CC[C@@H]4C[C@@H](O)CC[C@]4(C)[C@H]3CC[C@]12C. The van der Waals surface area contributed by atoms with Crippen molar-refractivity contribution < 1.29 is 10.2 Å². The zero-order chi connectivity index (χ0) is 23.9. The van der Waals surface area contributed by atoms with Crippen LogP contribution in [0.15, 0.2) is 29.4 Å². The van der Waals surface area contributed by atoms with Gasteiger partial charge in [-0.3, -0.25) is 5.41 Å². The number of allylic oxidation sites excluding steroid dienone is 4. The van der Waals surface area contributed by atoms with Gasteiger partial charge < -0.3 is 15.1 Å². The van der Waals surface area contributed by atoms with Gasteiger partial charge in [0.25, 0.3) is 0 Å². The Morgan fingerprint density at radius 1 is 1.00 bits per heavy atom. The number of aliphatic hydroxyl groups is 2. The Morgan fingerprint density at radius 3 is 2.55 bits per heavy atom. The largest absolute Gasteiger partial charge is 0.393 e. The van der Waals surface area contributed by atoms with E-state index < -0.39 is 5.60 Å². The summed E-state index contributed by atoms with van der Waals surface area (Å²) in [5, 5.41) is 34.1. The van der Waals surface area contributed by atoms with E-state index in [2.05, 4.69) is 36.5 Å². The normalized spacial score (nSPS) is 45.2. The quantitative estimate of drug-likeness (QED) is 0.220. The summed E-state index contributed by atoms with van der Waals surface area (Å²) in [5.74, 6) is 2.25. The molecule has 4 aliphatic carbocycles. The van der Waals surface area contributed by atoms with Crippen LogP contribution in [0.4, 0.5) is 0 Å². The van der Waals surface area contributed by atoms with Crippen molar-refractivity contribution in [1.82, 2.24) is 10.3 Å². The molecule has 0 aromatic carbocycles. The summed E-state index contributed by atoms with van der Waals surface area (Å²) in [5.41, 5.74) is 2.32. The van der Waals surface area contributed by atoms with E-state index in [9.17, 15) is 10.2 Å². The van der Waals surface area contributed by atoms with E-state index in [1.165, 1.54) is 6.42 Å². The Morgan fingerprint density at radius 2 is 1.79 bits per heavy atom. The fourth-order valence-electron chi connectivity index (χ4n) is 8.11. The third-order valence-electron chi connectivity index (χ3n) is 10.2. The zero-order valence-electron chi connectivity index (χ0n) is 20.9. The van der Waals surface area contributed by atoms with E-state index in [0.717, 1.165) is 51.4 Å². The molecule has 0 aromatic rings. The third kappa shape index (κ3) is 4.18. The molecular weight excluding hydrogens is 412 g/mol. The second-order valence-electron chi connectivity index (χ2n) is 11.8. The lowest BCUT2D eigenvalue weighted by atomic mass is 9.43. The van der Waals surface area contributed by atoms with Gasteiger partial charge >= 0.3 is 0 Å². The van der Waals surface area contributed by atoms with E-state index in [1.54, 1.807) is 25.2 Å². The van der Waals surface area contributed by atoms with Crippen LogP contribution >= 0.6 is 0 Å². The van der Waals surface area contributed by atoms with Gasteiger partial charge in [0.1, 0.15) is 0 Å². The van der Waals surface area contributed by atoms with E-state index in [-0.39, 0.29) is 22.9 Å². The molecule has 6 nitrogen and oxygen atoms in total. The van der Waals surface area contributed by atoms with E-state index in [1.807, 2.05) is 12.2 Å². The number of fused-ring (bicyclic) bond motifs is 5. The molecule has 0 bridgehead atoms. The summed E-state index contributed by atoms with van der Waals surface area (Å²) in [4.78, 5) is 1.65. The molecule has 0 unspecified atom stereocenters. The van der Waals surface area contributed by atoms with Crippen LogP contribution < -0.4 is 5.43 Å². The molecule has 0 radical (unpaired) electrons. The molecule has 0 amide bonds. The summed E-state index contributed by atoms with van der Waals surface area (Å²) in [6, 6.07) is 0. The van der Waals surface area contributed by atoms with Gasteiger partial charge in [0.2, 0.25) is 5.96 Å². The Kier molecular flexibility index (Phi) is 6.81. The van der Waals surface area contributed by atoms with Crippen LogP contribution in [0.25, 0.3) is 0 Å². The minimum atomic E-state index is -0.573. The molecule has 33 heavy (non-hydrogen) atoms. The topological polar surface area (TPSA) is 91.9 Å². The van der Waals surface area contributed by atoms with Gasteiger partial charge in [-0.2, -0.15) is 5.10 Å². The minimum Gasteiger partial charge on any atom is -0.393 e. The third-order valence-corrected chi connectivity index (χ3v) is 10.2. The molecule has 4 fully saturated rings. The summed E-state index contributed by atoms with van der Waals surface area (Å²) >= 11 is 0. The van der Waals surface area contributed by atoms with Crippen LogP contribution in [0.5, 0.6) is 0 Å². The number of nitrogens with one attached hydrogen (secondary N) is 2. The highest BCUT2D eigenvalue weighted by atomic mass is 16.3. The maximum absolute atomic E-state index is 12.2. The zero-order valence-corrected chi connectivity index (χ0v) is 20.9. The second kappa shape index (κ2) is 9.18. The molecule has 184 valence electrons. The van der Waals surface area contributed by atoms with Gasteiger partial charge in [-0.15, -0.1) is 0 Å². The highest BCUT2D eigenvalue weighted by molar-refractivity contribution is 5.78. The fourth-order valence-corrected chi connectivity index (χ4v) is 8.11. The molecule has 4 N–H and O–H groups in total. The lowest BCUT2D eigenvalue weighted by molar-refractivity contribution is -0.207. The first-order valence-corrected chi connectivity index (χ1v) is 12.9. The van der Waals surface area contributed by atoms with Crippen LogP contribution in [0.3, 0.4) is 0 Å². The highest BCUT2D eigenvalue weighted by Crippen LogP contribution is 2.69. The number of nitrogens with zero attached hydrogens (tertiary/aromatic N) is 2. The maximum Gasteiger partial charge on any atom is 0.211 e. The van der Waals surface area contributed by atoms with Crippen molar-refractivity contribution in [2.75, 3.05) is 14.1 Å². The molecule has 4 aliphatic rings. The predicted octanol–water partition coefficient (Wildman–Crippen LogP) is 4.31. The van der Waals surface area contributed by atoms with Gasteiger partial charge in [0.05, 0.1) is 11.7 Å². The molecule has 4 saturated carbocycles. The van der Waals surface area contributed by atoms with Crippen molar-refractivity contribution in [1.29, 1.82) is 5.41 Å². The van der Waals surface area contributed by atoms with Gasteiger partial charge in [-0.25, -0.2) is 5.43 Å². The van der Waals surface area contributed by atoms with Crippen molar-refractivity contribution in [3.63, 3.8) is 0 Å². The van der Waals surface area contributed by atoms with Gasteiger partial charge in [-0.1, -0.05) is 32.1 Å². The Bertz CT molecular complexity index is 823. The van der Waals surface area contributed by atoms with E-state index in [0.29, 0.717) is 23.7 Å². The number of hydrazone groups is 1. The van der Waals surface area contributed by atoms with Crippen molar-refractivity contribution in [3.8, 4) is 0 Å². The fraction of sp³-hybridized carbons (Fsp3) is 0.778. The van der Waals surface area contributed by atoms with E-state index >= 15 is 0 Å². The lowest BCUT2D eigenvalue weighted by Crippen LogP contribution is -2.62. The first kappa shape index (κ1) is 24.5. The van der Waals surface area contributed by atoms with Gasteiger partial charge in [0.15, 0.2) is 0 Å². The van der Waals surface area contributed by atoms with Crippen LogP contribution in [0.2, 0.25) is 0 Å². The lowest BCUT2D eigenvalue weighted by Gasteiger charge is -2.63. The van der Waals surface area contributed by atoms with Crippen molar-refractivity contribution in [3.05, 3.63) is 24.3 Å². The summed E-state index contributed by atoms with van der Waals surface area (Å²) in [6.45, 7) is 4.81. The molecule has 0 aromatic heterocycles. The molecule has 8 atom stereocenters. The number of guanidine groups is 1. The van der Waals surface area contributed by atoms with Crippen LogP contribution in [-0.2, 0) is 0 Å². The Labute approximate surface area is 199 Å². The van der Waals surface area contributed by atoms with Crippen molar-refractivity contribution in [2.45, 2.75) is 83.3 Å². The first-order valence-electron chi connectivity index (χ1n) is 12.9. The molecular formula is C27H44N4O2. The summed E-state index contributed by atoms with van der Waals surface area (Å²) < 4.78 is 0. The molecule has 0 heterocycles. The van der Waals surface area contributed by atoms with E-state index in [4.69, 9.17) is 5.41 Å². The average Bonchev–Trinajstić information content (AvgIpc) is 3.04. The van der Waals surface area contributed by atoms with Crippen LogP contribution in [0, 0.1) is 39.9 Å². The molecule has 0 aliphatic heterocycles. The molecule has 0 spiro atoms. The second-order valence-corrected chi connectivity index (χ2v) is 11.8. The standard InChI is InChI=1S/C27H44N4O2/c1-25-14-12-21(32)18-20(25)9-10-23-22(25)13-15-26(2)19(11-16-27(23,26)33)8-6-5-7-17-29-30-24(28)31(3)4/h5-8,17,19-23,32-33H,9-16,18H2,1-4H3,(H2,28,30)/b7-5+,8-6+,29-17+/t19-,20+,21-,22-,23+,25-,26+,27-/m0/s1. The summed E-state index contributed by atoms with van der Waals surface area (Å²) in [7, 11) is 3.59. The number of hydrogen-bond donors (Lipinski definition) is 4. The van der Waals surface area contributed by atoms with Crippen molar-refractivity contribution >= 4 is 12.2 Å². The van der Waals surface area contributed by atoms with Gasteiger partial charge in [-0.05, 0) is 93.0 Å². The average molecular weight is 457 g/mol. The summed E-state index contributed by atoms with van der Waals surface area (Å²) in [6.07, 6.45) is 19.3.